The molecule has 4 heteroatoms. The number of nitrogens with zero attached hydrogens (tertiary/aromatic N) is 1. The highest BCUT2D eigenvalue weighted by Gasteiger charge is 2.25. The molecule has 0 amide bonds. The second-order valence-electron chi connectivity index (χ2n) is 6.60. The third-order valence-electron chi connectivity index (χ3n) is 4.05. The largest absolute Gasteiger partial charge is 0.383 e. The van der Waals surface area contributed by atoms with Gasteiger partial charge in [0.25, 0.3) is 0 Å². The van der Waals surface area contributed by atoms with E-state index in [0.717, 1.165) is 24.2 Å². The predicted octanol–water partition coefficient (Wildman–Crippen LogP) is 4.06. The maximum absolute atomic E-state index is 5.08. The fourth-order valence-corrected chi connectivity index (χ4v) is 2.64. The van der Waals surface area contributed by atoms with Crippen LogP contribution in [0, 0.1) is 5.41 Å². The molecule has 0 saturated heterocycles. The molecule has 1 atom stereocenters. The van der Waals surface area contributed by atoms with Crippen LogP contribution in [0.2, 0.25) is 0 Å². The van der Waals surface area contributed by atoms with Gasteiger partial charge in [0, 0.05) is 43.4 Å². The minimum atomic E-state index is 0.239. The average molecular weight is 357 g/mol. The monoisotopic (exact) mass is 356 g/mol. The van der Waals surface area contributed by atoms with E-state index in [2.05, 4.69) is 79.1 Å². The van der Waals surface area contributed by atoms with Gasteiger partial charge in [-0.15, -0.1) is 0 Å². The Morgan fingerprint density at radius 1 is 1.33 bits per heavy atom. The molecule has 0 bridgehead atoms. The molecule has 1 rings (SSSR count). The van der Waals surface area contributed by atoms with Crippen LogP contribution in [0.15, 0.2) is 22.7 Å². The summed E-state index contributed by atoms with van der Waals surface area (Å²) in [6, 6.07) is 6.96. The lowest BCUT2D eigenvalue weighted by molar-refractivity contribution is 0.199. The summed E-state index contributed by atoms with van der Waals surface area (Å²) in [6.07, 6.45) is 0. The molecule has 1 aromatic carbocycles. The molecular formula is C17H29BrN2O. The summed E-state index contributed by atoms with van der Waals surface area (Å²) >= 11 is 3.57. The van der Waals surface area contributed by atoms with E-state index in [1.54, 1.807) is 7.11 Å². The molecule has 0 aliphatic carbocycles. The number of halogens is 1. The van der Waals surface area contributed by atoms with Crippen LogP contribution >= 0.6 is 15.9 Å². The zero-order valence-electron chi connectivity index (χ0n) is 14.2. The number of hydrogen-bond donors (Lipinski definition) is 1. The Kier molecular flexibility index (Phi) is 7.17. The van der Waals surface area contributed by atoms with Gasteiger partial charge in [0.15, 0.2) is 0 Å². The van der Waals surface area contributed by atoms with Gasteiger partial charge in [0.1, 0.15) is 0 Å². The highest BCUT2D eigenvalue weighted by Crippen LogP contribution is 2.31. The van der Waals surface area contributed by atoms with E-state index < -0.39 is 0 Å². The summed E-state index contributed by atoms with van der Waals surface area (Å²) in [5.74, 6) is 0. The van der Waals surface area contributed by atoms with Crippen molar-refractivity contribution in [2.45, 2.75) is 40.3 Å². The molecule has 0 heterocycles. The Hall–Kier alpha value is -0.580. The predicted molar refractivity (Wildman–Crippen MR) is 95.0 cm³/mol. The van der Waals surface area contributed by atoms with Gasteiger partial charge in [-0.2, -0.15) is 0 Å². The minimum Gasteiger partial charge on any atom is -0.383 e. The number of anilines is 1. The molecule has 0 spiro atoms. The van der Waals surface area contributed by atoms with Gasteiger partial charge in [-0.05, 0) is 36.1 Å². The second-order valence-corrected chi connectivity index (χ2v) is 7.51. The Morgan fingerprint density at radius 3 is 2.57 bits per heavy atom. The molecule has 0 aliphatic rings. The molecule has 1 aromatic rings. The van der Waals surface area contributed by atoms with Gasteiger partial charge in [-0.25, -0.2) is 0 Å². The average Bonchev–Trinajstić information content (AvgIpc) is 2.41. The summed E-state index contributed by atoms with van der Waals surface area (Å²) in [7, 11) is 3.91. The molecule has 0 aromatic heterocycles. The van der Waals surface area contributed by atoms with Gasteiger partial charge in [0.2, 0.25) is 0 Å². The number of ether oxygens (including phenoxy) is 1. The van der Waals surface area contributed by atoms with Gasteiger partial charge in [-0.1, -0.05) is 36.7 Å². The lowest BCUT2D eigenvalue weighted by Crippen LogP contribution is -2.40. The van der Waals surface area contributed by atoms with E-state index in [1.807, 2.05) is 0 Å². The van der Waals surface area contributed by atoms with Crippen molar-refractivity contribution < 1.29 is 4.74 Å². The third kappa shape index (κ3) is 5.61. The lowest BCUT2D eigenvalue weighted by atomic mass is 9.86. The first-order chi connectivity index (χ1) is 9.77. The molecule has 0 radical (unpaired) electrons. The van der Waals surface area contributed by atoms with Crippen LogP contribution in [0.1, 0.15) is 33.3 Å². The van der Waals surface area contributed by atoms with Gasteiger partial charge in [-0.3, -0.25) is 0 Å². The van der Waals surface area contributed by atoms with Crippen molar-refractivity contribution in [3.05, 3.63) is 28.2 Å². The zero-order valence-corrected chi connectivity index (χ0v) is 15.8. The number of rotatable bonds is 7. The van der Waals surface area contributed by atoms with Crippen LogP contribution in [0.25, 0.3) is 0 Å². The number of nitrogens with one attached hydrogen (secondary N) is 1. The smallest absolute Gasteiger partial charge is 0.0587 e. The van der Waals surface area contributed by atoms with Crippen molar-refractivity contribution in [2.75, 3.05) is 32.2 Å². The van der Waals surface area contributed by atoms with Crippen molar-refractivity contribution in [2.24, 2.45) is 5.41 Å². The van der Waals surface area contributed by atoms with Crippen molar-refractivity contribution >= 4 is 21.6 Å². The summed E-state index contributed by atoms with van der Waals surface area (Å²) in [5, 5.41) is 3.43. The quantitative estimate of drug-likeness (QED) is 0.745. The van der Waals surface area contributed by atoms with Crippen LogP contribution in [-0.2, 0) is 11.3 Å². The van der Waals surface area contributed by atoms with Crippen LogP contribution in [0.4, 0.5) is 5.69 Å². The first-order valence-electron chi connectivity index (χ1n) is 7.48. The molecule has 21 heavy (non-hydrogen) atoms. The minimum absolute atomic E-state index is 0.239. The fraction of sp³-hybridized carbons (Fsp3) is 0.647. The first-order valence-corrected chi connectivity index (χ1v) is 8.27. The van der Waals surface area contributed by atoms with Crippen LogP contribution in [-0.4, -0.2) is 33.4 Å². The molecule has 0 fully saturated rings. The summed E-state index contributed by atoms with van der Waals surface area (Å²) in [4.78, 5) is 2.37. The van der Waals surface area contributed by atoms with E-state index in [-0.39, 0.29) is 5.41 Å². The van der Waals surface area contributed by atoms with Gasteiger partial charge >= 0.3 is 0 Å². The Labute approximate surface area is 138 Å². The normalized spacial score (nSPS) is 13.3. The standard InChI is InChI=1S/C17H29BrN2O/c1-13(17(2,3)4)20(5)16-8-7-15(18)11-14(16)12-19-9-10-21-6/h7-8,11,13,19H,9-10,12H2,1-6H3. The van der Waals surface area contributed by atoms with Gasteiger partial charge in [0.05, 0.1) is 6.61 Å². The van der Waals surface area contributed by atoms with Crippen molar-refractivity contribution in [1.82, 2.24) is 5.32 Å². The Bertz CT molecular complexity index is 443. The van der Waals surface area contributed by atoms with Crippen molar-refractivity contribution in [1.29, 1.82) is 0 Å². The first kappa shape index (κ1) is 18.5. The number of methoxy groups -OCH3 is 1. The van der Waals surface area contributed by atoms with E-state index >= 15 is 0 Å². The molecule has 0 saturated carbocycles. The van der Waals surface area contributed by atoms with E-state index in [1.165, 1.54) is 11.3 Å². The van der Waals surface area contributed by atoms with Crippen LogP contribution < -0.4 is 10.2 Å². The third-order valence-corrected chi connectivity index (χ3v) is 4.55. The fourth-order valence-electron chi connectivity index (χ4n) is 2.23. The molecule has 1 N–H and O–H groups in total. The maximum Gasteiger partial charge on any atom is 0.0587 e. The Balaban J connectivity index is 2.90. The summed E-state index contributed by atoms with van der Waals surface area (Å²) < 4.78 is 6.20. The highest BCUT2D eigenvalue weighted by molar-refractivity contribution is 9.10. The lowest BCUT2D eigenvalue weighted by Gasteiger charge is -2.38. The van der Waals surface area contributed by atoms with Crippen molar-refractivity contribution in [3.63, 3.8) is 0 Å². The van der Waals surface area contributed by atoms with E-state index in [9.17, 15) is 0 Å². The van der Waals surface area contributed by atoms with Gasteiger partial charge < -0.3 is 15.0 Å². The van der Waals surface area contributed by atoms with E-state index in [0.29, 0.717) is 6.04 Å². The number of benzene rings is 1. The molecule has 1 unspecified atom stereocenters. The molecule has 0 aliphatic heterocycles. The Morgan fingerprint density at radius 2 is 2.00 bits per heavy atom. The maximum atomic E-state index is 5.08. The molecule has 120 valence electrons. The second kappa shape index (κ2) is 8.16. The number of hydrogen-bond acceptors (Lipinski definition) is 3. The SMILES string of the molecule is COCCNCc1cc(Br)ccc1N(C)C(C)C(C)(C)C. The van der Waals surface area contributed by atoms with Crippen LogP contribution in [0.3, 0.4) is 0 Å². The highest BCUT2D eigenvalue weighted by atomic mass is 79.9. The molecule has 3 nitrogen and oxygen atoms in total. The molecular weight excluding hydrogens is 328 g/mol. The summed E-state index contributed by atoms with van der Waals surface area (Å²) in [5.41, 5.74) is 2.83. The topological polar surface area (TPSA) is 24.5 Å². The summed E-state index contributed by atoms with van der Waals surface area (Å²) in [6.45, 7) is 11.6. The zero-order chi connectivity index (χ0) is 16.0. The van der Waals surface area contributed by atoms with E-state index in [4.69, 9.17) is 4.74 Å². The van der Waals surface area contributed by atoms with Crippen molar-refractivity contribution in [3.8, 4) is 0 Å². The van der Waals surface area contributed by atoms with Crippen LogP contribution in [0.5, 0.6) is 0 Å².